The van der Waals surface area contributed by atoms with Crippen LogP contribution in [0.4, 0.5) is 0 Å². The highest BCUT2D eigenvalue weighted by Crippen LogP contribution is 2.11. The van der Waals surface area contributed by atoms with Gasteiger partial charge in [-0.25, -0.2) is 4.98 Å². The van der Waals surface area contributed by atoms with Crippen LogP contribution in [0.25, 0.3) is 5.82 Å². The molecule has 0 spiro atoms. The average Bonchev–Trinajstić information content (AvgIpc) is 2.71. The van der Waals surface area contributed by atoms with E-state index in [1.807, 2.05) is 36.7 Å². The van der Waals surface area contributed by atoms with Crippen LogP contribution in [0.15, 0.2) is 24.5 Å². The maximum absolute atomic E-state index is 5.63. The fourth-order valence-corrected chi connectivity index (χ4v) is 1.59. The van der Waals surface area contributed by atoms with Gasteiger partial charge in [0.2, 0.25) is 0 Å². The lowest BCUT2D eigenvalue weighted by Crippen LogP contribution is -2.15. The smallest absolute Gasteiger partial charge is 0.156 e. The molecule has 0 bridgehead atoms. The summed E-state index contributed by atoms with van der Waals surface area (Å²) < 4.78 is 1.84. The van der Waals surface area contributed by atoms with Crippen molar-refractivity contribution in [3.05, 3.63) is 41.6 Å². The van der Waals surface area contributed by atoms with Crippen molar-refractivity contribution in [2.24, 2.45) is 5.73 Å². The zero-order valence-electron chi connectivity index (χ0n) is 9.14. The molecule has 16 heavy (non-hydrogen) atoms. The second-order valence-corrected chi connectivity index (χ2v) is 3.97. The van der Waals surface area contributed by atoms with Gasteiger partial charge in [0.25, 0.3) is 0 Å². The molecule has 2 heterocycles. The van der Waals surface area contributed by atoms with Gasteiger partial charge in [0.15, 0.2) is 5.82 Å². The van der Waals surface area contributed by atoms with Crippen molar-refractivity contribution in [1.82, 2.24) is 14.5 Å². The molecule has 0 unspecified atom stereocenters. The minimum absolute atomic E-state index is 0.352. The maximum Gasteiger partial charge on any atom is 0.156 e. The van der Waals surface area contributed by atoms with Gasteiger partial charge in [-0.15, -0.1) is 0 Å². The van der Waals surface area contributed by atoms with Crippen molar-refractivity contribution in [2.75, 3.05) is 0 Å². The lowest BCUT2D eigenvalue weighted by atomic mass is 10.3. The van der Waals surface area contributed by atoms with Crippen LogP contribution in [0.3, 0.4) is 0 Å². The third-order valence-corrected chi connectivity index (χ3v) is 2.64. The molecule has 0 saturated carbocycles. The Morgan fingerprint density at radius 2 is 2.12 bits per heavy atom. The van der Waals surface area contributed by atoms with Crippen molar-refractivity contribution < 1.29 is 0 Å². The van der Waals surface area contributed by atoms with Gasteiger partial charge in [0.1, 0.15) is 4.99 Å². The monoisotopic (exact) mass is 232 g/mol. The predicted octanol–water partition coefficient (Wildman–Crippen LogP) is 1.52. The SMILES string of the molecule is Cc1ncc(-n2cccc2C(N)=S)nc1C. The molecule has 2 rings (SSSR count). The number of aromatic nitrogens is 3. The van der Waals surface area contributed by atoms with E-state index in [1.165, 1.54) is 0 Å². The molecular weight excluding hydrogens is 220 g/mol. The van der Waals surface area contributed by atoms with E-state index in [9.17, 15) is 0 Å². The Morgan fingerprint density at radius 3 is 2.75 bits per heavy atom. The van der Waals surface area contributed by atoms with Gasteiger partial charge in [-0.3, -0.25) is 9.55 Å². The van der Waals surface area contributed by atoms with Crippen LogP contribution in [0.5, 0.6) is 0 Å². The number of nitrogens with zero attached hydrogens (tertiary/aromatic N) is 3. The normalized spacial score (nSPS) is 10.4. The highest BCUT2D eigenvalue weighted by Gasteiger charge is 2.07. The van der Waals surface area contributed by atoms with Gasteiger partial charge in [0, 0.05) is 6.20 Å². The number of hydrogen-bond donors (Lipinski definition) is 1. The molecule has 2 aromatic heterocycles. The quantitative estimate of drug-likeness (QED) is 0.798. The van der Waals surface area contributed by atoms with Crippen molar-refractivity contribution in [3.63, 3.8) is 0 Å². The van der Waals surface area contributed by atoms with Crippen molar-refractivity contribution in [3.8, 4) is 5.82 Å². The van der Waals surface area contributed by atoms with Gasteiger partial charge >= 0.3 is 0 Å². The summed E-state index contributed by atoms with van der Waals surface area (Å²) in [4.78, 5) is 9.06. The summed E-state index contributed by atoms with van der Waals surface area (Å²) in [6, 6.07) is 3.74. The standard InChI is InChI=1S/C11H12N4S/c1-7-8(2)14-10(6-13-7)15-5-3-4-9(15)11(12)16/h3-6H,1-2H3,(H2,12,16). The van der Waals surface area contributed by atoms with Crippen LogP contribution >= 0.6 is 12.2 Å². The van der Waals surface area contributed by atoms with Gasteiger partial charge in [-0.2, -0.15) is 0 Å². The second-order valence-electron chi connectivity index (χ2n) is 3.53. The van der Waals surface area contributed by atoms with Crippen LogP contribution in [-0.2, 0) is 0 Å². The van der Waals surface area contributed by atoms with Gasteiger partial charge in [-0.1, -0.05) is 12.2 Å². The fourth-order valence-electron chi connectivity index (χ4n) is 1.43. The number of nitrogens with two attached hydrogens (primary N) is 1. The van der Waals surface area contributed by atoms with Crippen molar-refractivity contribution >= 4 is 17.2 Å². The molecule has 0 fully saturated rings. The van der Waals surface area contributed by atoms with Crippen molar-refractivity contribution in [1.29, 1.82) is 0 Å². The van der Waals surface area contributed by atoms with Crippen LogP contribution in [0.1, 0.15) is 17.1 Å². The molecule has 0 aliphatic heterocycles. The number of hydrogen-bond acceptors (Lipinski definition) is 3. The highest BCUT2D eigenvalue weighted by atomic mass is 32.1. The molecule has 0 atom stereocenters. The molecule has 4 nitrogen and oxygen atoms in total. The van der Waals surface area contributed by atoms with E-state index in [4.69, 9.17) is 18.0 Å². The average molecular weight is 232 g/mol. The number of aryl methyl sites for hydroxylation is 2. The van der Waals surface area contributed by atoms with E-state index in [-0.39, 0.29) is 0 Å². The zero-order chi connectivity index (χ0) is 11.7. The molecule has 5 heteroatoms. The molecular formula is C11H12N4S. The Balaban J connectivity index is 2.54. The molecule has 82 valence electrons. The Kier molecular flexibility index (Phi) is 2.70. The first-order valence-corrected chi connectivity index (χ1v) is 5.28. The minimum atomic E-state index is 0.352. The second kappa shape index (κ2) is 4.02. The molecule has 2 aromatic rings. The highest BCUT2D eigenvalue weighted by molar-refractivity contribution is 7.80. The molecule has 0 radical (unpaired) electrons. The van der Waals surface area contributed by atoms with E-state index < -0.39 is 0 Å². The largest absolute Gasteiger partial charge is 0.388 e. The van der Waals surface area contributed by atoms with Gasteiger partial charge in [-0.05, 0) is 26.0 Å². The number of rotatable bonds is 2. The zero-order valence-corrected chi connectivity index (χ0v) is 9.95. The predicted molar refractivity (Wildman–Crippen MR) is 66.7 cm³/mol. The first-order valence-electron chi connectivity index (χ1n) is 4.87. The molecule has 0 saturated heterocycles. The molecule has 2 N–H and O–H groups in total. The van der Waals surface area contributed by atoms with Crippen LogP contribution < -0.4 is 5.73 Å². The summed E-state index contributed by atoms with van der Waals surface area (Å²) in [5.74, 6) is 0.732. The van der Waals surface area contributed by atoms with Crippen LogP contribution in [0.2, 0.25) is 0 Å². The third kappa shape index (κ3) is 1.81. The molecule has 0 aliphatic carbocycles. The summed E-state index contributed by atoms with van der Waals surface area (Å²) >= 11 is 4.97. The molecule has 0 aliphatic rings. The summed E-state index contributed by atoms with van der Waals surface area (Å²) in [6.45, 7) is 3.85. The molecule has 0 amide bonds. The lowest BCUT2D eigenvalue weighted by molar-refractivity contribution is 0.931. The first kappa shape index (κ1) is 10.8. The maximum atomic E-state index is 5.63. The topological polar surface area (TPSA) is 56.7 Å². The first-order chi connectivity index (χ1) is 7.59. The Bertz CT molecular complexity index is 545. The van der Waals surface area contributed by atoms with E-state index in [0.29, 0.717) is 4.99 Å². The summed E-state index contributed by atoms with van der Waals surface area (Å²) in [5, 5.41) is 0. The van der Waals surface area contributed by atoms with E-state index >= 15 is 0 Å². The minimum Gasteiger partial charge on any atom is -0.388 e. The van der Waals surface area contributed by atoms with Crippen LogP contribution in [-0.4, -0.2) is 19.5 Å². The Morgan fingerprint density at radius 1 is 1.38 bits per heavy atom. The van der Waals surface area contributed by atoms with Crippen LogP contribution in [0, 0.1) is 13.8 Å². The lowest BCUT2D eigenvalue weighted by Gasteiger charge is -2.08. The summed E-state index contributed by atoms with van der Waals surface area (Å²) in [6.07, 6.45) is 3.58. The van der Waals surface area contributed by atoms with Gasteiger partial charge in [0.05, 0.1) is 23.3 Å². The summed E-state index contributed by atoms with van der Waals surface area (Å²) in [7, 11) is 0. The number of thiocarbonyl (C=S) groups is 1. The third-order valence-electron chi connectivity index (χ3n) is 2.43. The van der Waals surface area contributed by atoms with Gasteiger partial charge < -0.3 is 5.73 Å². The Labute approximate surface area is 99.1 Å². The van der Waals surface area contributed by atoms with Crippen molar-refractivity contribution in [2.45, 2.75) is 13.8 Å². The molecule has 0 aromatic carbocycles. The Hall–Kier alpha value is -1.75. The fraction of sp³-hybridized carbons (Fsp3) is 0.182. The summed E-state index contributed by atoms with van der Waals surface area (Å²) in [5.41, 5.74) is 8.22. The van der Waals surface area contributed by atoms with E-state index in [1.54, 1.807) is 6.20 Å². The van der Waals surface area contributed by atoms with E-state index in [0.717, 1.165) is 22.9 Å². The van der Waals surface area contributed by atoms with E-state index in [2.05, 4.69) is 9.97 Å².